The van der Waals surface area contributed by atoms with E-state index in [1.54, 1.807) is 6.08 Å². The highest BCUT2D eigenvalue weighted by Crippen LogP contribution is 2.64. The average Bonchev–Trinajstić information content (AvgIpc) is 2.87. The standard InChI is InChI=1S/C20H28O3/c1-19-8-3-4-15(19)13-6-5-12-10-14(18(22)23)17(21)11-20(12,2)16(13)7-9-19/h5,10,13,15-17,21H,3-4,6-9,11H2,1-2H3,(H,22,23)/t13-,15-,16+,17?,19-,20-/m0/s1. The van der Waals surface area contributed by atoms with Crippen LogP contribution in [0.2, 0.25) is 0 Å². The van der Waals surface area contributed by atoms with Gasteiger partial charge in [-0.2, -0.15) is 0 Å². The van der Waals surface area contributed by atoms with Crippen LogP contribution in [0.15, 0.2) is 23.3 Å². The van der Waals surface area contributed by atoms with Crippen LogP contribution in [0.1, 0.15) is 58.8 Å². The lowest BCUT2D eigenvalue weighted by molar-refractivity contribution is -0.134. The summed E-state index contributed by atoms with van der Waals surface area (Å²) in [5.41, 5.74) is 1.82. The quantitative estimate of drug-likeness (QED) is 0.770. The normalized spacial score (nSPS) is 48.7. The number of carboxylic acids is 1. The molecule has 0 heterocycles. The molecule has 0 saturated heterocycles. The zero-order chi connectivity index (χ0) is 16.4. The molecule has 3 heteroatoms. The van der Waals surface area contributed by atoms with Crippen molar-refractivity contribution in [2.45, 2.75) is 64.9 Å². The van der Waals surface area contributed by atoms with Gasteiger partial charge in [-0.3, -0.25) is 0 Å². The van der Waals surface area contributed by atoms with Crippen molar-refractivity contribution in [3.63, 3.8) is 0 Å². The van der Waals surface area contributed by atoms with Crippen LogP contribution in [0.5, 0.6) is 0 Å². The third-order valence-electron chi connectivity index (χ3n) is 7.84. The minimum atomic E-state index is -0.977. The molecule has 0 aromatic carbocycles. The molecule has 126 valence electrons. The number of carboxylic acid groups (broad SMARTS) is 1. The molecular weight excluding hydrogens is 288 g/mol. The summed E-state index contributed by atoms with van der Waals surface area (Å²) in [6.07, 6.45) is 11.5. The van der Waals surface area contributed by atoms with Gasteiger partial charge in [0.2, 0.25) is 0 Å². The average molecular weight is 316 g/mol. The van der Waals surface area contributed by atoms with Crippen molar-refractivity contribution in [2.24, 2.45) is 28.6 Å². The van der Waals surface area contributed by atoms with Gasteiger partial charge >= 0.3 is 5.97 Å². The number of aliphatic hydroxyl groups is 1. The van der Waals surface area contributed by atoms with Crippen LogP contribution in [0.4, 0.5) is 0 Å². The lowest BCUT2D eigenvalue weighted by Gasteiger charge is -2.56. The van der Waals surface area contributed by atoms with E-state index in [0.29, 0.717) is 17.8 Å². The van der Waals surface area contributed by atoms with Crippen molar-refractivity contribution in [1.82, 2.24) is 0 Å². The first kappa shape index (κ1) is 15.4. The molecular formula is C20H28O3. The molecule has 0 radical (unpaired) electrons. The van der Waals surface area contributed by atoms with Crippen LogP contribution < -0.4 is 0 Å². The van der Waals surface area contributed by atoms with Crippen molar-refractivity contribution >= 4 is 5.97 Å². The van der Waals surface area contributed by atoms with Gasteiger partial charge in [-0.25, -0.2) is 4.79 Å². The first-order valence-corrected chi connectivity index (χ1v) is 9.19. The number of aliphatic carboxylic acids is 1. The van der Waals surface area contributed by atoms with Gasteiger partial charge < -0.3 is 10.2 Å². The van der Waals surface area contributed by atoms with E-state index >= 15 is 0 Å². The number of hydrogen-bond acceptors (Lipinski definition) is 2. The van der Waals surface area contributed by atoms with E-state index in [2.05, 4.69) is 19.9 Å². The SMILES string of the molecule is C[C@@]12CCC[C@H]1[C@@H]1CC=C3C=C(C(=O)O)C(O)C[C@]3(C)[C@@H]1CC2. The predicted molar refractivity (Wildman–Crippen MR) is 88.8 cm³/mol. The number of carbonyl (C=O) groups is 1. The van der Waals surface area contributed by atoms with Crippen molar-refractivity contribution in [3.05, 3.63) is 23.3 Å². The van der Waals surface area contributed by atoms with Crippen molar-refractivity contribution in [3.8, 4) is 0 Å². The Balaban J connectivity index is 1.73. The zero-order valence-electron chi connectivity index (χ0n) is 14.2. The molecule has 4 aliphatic carbocycles. The summed E-state index contributed by atoms with van der Waals surface area (Å²) >= 11 is 0. The third kappa shape index (κ3) is 2.08. The maximum atomic E-state index is 11.4. The number of hydrogen-bond donors (Lipinski definition) is 2. The second kappa shape index (κ2) is 4.95. The van der Waals surface area contributed by atoms with E-state index in [9.17, 15) is 15.0 Å². The minimum Gasteiger partial charge on any atom is -0.478 e. The topological polar surface area (TPSA) is 57.5 Å². The number of aliphatic hydroxyl groups excluding tert-OH is 1. The highest BCUT2D eigenvalue weighted by Gasteiger charge is 2.56. The van der Waals surface area contributed by atoms with Gasteiger partial charge in [0.05, 0.1) is 11.7 Å². The van der Waals surface area contributed by atoms with Crippen molar-refractivity contribution < 1.29 is 15.0 Å². The Labute approximate surface area is 138 Å². The van der Waals surface area contributed by atoms with Crippen LogP contribution in [0, 0.1) is 28.6 Å². The van der Waals surface area contributed by atoms with Gasteiger partial charge in [0, 0.05) is 0 Å². The van der Waals surface area contributed by atoms with E-state index < -0.39 is 12.1 Å². The van der Waals surface area contributed by atoms with Crippen LogP contribution in [0.3, 0.4) is 0 Å². The molecule has 0 spiro atoms. The molecule has 0 aliphatic heterocycles. The van der Waals surface area contributed by atoms with E-state index in [1.807, 2.05) is 0 Å². The molecule has 0 aromatic rings. The molecule has 2 N–H and O–H groups in total. The molecule has 0 bridgehead atoms. The van der Waals surface area contributed by atoms with Crippen LogP contribution in [-0.2, 0) is 4.79 Å². The van der Waals surface area contributed by atoms with Gasteiger partial charge in [-0.15, -0.1) is 0 Å². The summed E-state index contributed by atoms with van der Waals surface area (Å²) < 4.78 is 0. The third-order valence-corrected chi connectivity index (χ3v) is 7.84. The summed E-state index contributed by atoms with van der Waals surface area (Å²) in [5.74, 6) is 1.16. The number of allylic oxidation sites excluding steroid dienone is 3. The van der Waals surface area contributed by atoms with Crippen molar-refractivity contribution in [1.29, 1.82) is 0 Å². The maximum Gasteiger partial charge on any atom is 0.334 e. The highest BCUT2D eigenvalue weighted by molar-refractivity contribution is 5.89. The molecule has 23 heavy (non-hydrogen) atoms. The first-order chi connectivity index (χ1) is 10.8. The lowest BCUT2D eigenvalue weighted by atomic mass is 9.48. The predicted octanol–water partition coefficient (Wildman–Crippen LogP) is 3.93. The second-order valence-corrected chi connectivity index (χ2v) is 8.90. The fraction of sp³-hybridized carbons (Fsp3) is 0.750. The van der Waals surface area contributed by atoms with E-state index in [4.69, 9.17) is 0 Å². The Hall–Kier alpha value is -1.09. The maximum absolute atomic E-state index is 11.4. The molecule has 1 unspecified atom stereocenters. The van der Waals surface area contributed by atoms with Crippen molar-refractivity contribution in [2.75, 3.05) is 0 Å². The Kier molecular flexibility index (Phi) is 3.32. The van der Waals surface area contributed by atoms with E-state index in [1.165, 1.54) is 37.7 Å². The lowest BCUT2D eigenvalue weighted by Crippen LogP contribution is -2.49. The summed E-state index contributed by atoms with van der Waals surface area (Å²) in [6, 6.07) is 0. The van der Waals surface area contributed by atoms with E-state index in [0.717, 1.165) is 18.3 Å². The van der Waals surface area contributed by atoms with Gasteiger partial charge in [0.1, 0.15) is 0 Å². The molecule has 0 amide bonds. The Morgan fingerprint density at radius 3 is 2.74 bits per heavy atom. The van der Waals surface area contributed by atoms with Gasteiger partial charge in [0.25, 0.3) is 0 Å². The number of fused-ring (bicyclic) bond motifs is 5. The van der Waals surface area contributed by atoms with Gasteiger partial charge in [0.15, 0.2) is 0 Å². The summed E-state index contributed by atoms with van der Waals surface area (Å²) in [5, 5.41) is 19.7. The summed E-state index contributed by atoms with van der Waals surface area (Å²) in [7, 11) is 0. The largest absolute Gasteiger partial charge is 0.478 e. The molecule has 2 saturated carbocycles. The number of rotatable bonds is 1. The molecule has 3 nitrogen and oxygen atoms in total. The second-order valence-electron chi connectivity index (χ2n) is 8.90. The molecule has 0 aromatic heterocycles. The highest BCUT2D eigenvalue weighted by atomic mass is 16.4. The van der Waals surface area contributed by atoms with E-state index in [-0.39, 0.29) is 11.0 Å². The minimum absolute atomic E-state index is 0.0504. The van der Waals surface area contributed by atoms with Gasteiger partial charge in [-0.1, -0.05) is 26.3 Å². The fourth-order valence-corrected chi connectivity index (χ4v) is 6.58. The summed E-state index contributed by atoms with van der Waals surface area (Å²) in [6.45, 7) is 4.76. The Morgan fingerprint density at radius 2 is 2.00 bits per heavy atom. The zero-order valence-corrected chi connectivity index (χ0v) is 14.2. The molecule has 2 fully saturated rings. The molecule has 4 aliphatic rings. The Bertz CT molecular complexity index is 604. The Morgan fingerprint density at radius 1 is 1.22 bits per heavy atom. The fourth-order valence-electron chi connectivity index (χ4n) is 6.58. The molecule has 4 rings (SSSR count). The van der Waals surface area contributed by atoms with Crippen LogP contribution >= 0.6 is 0 Å². The molecule has 6 atom stereocenters. The smallest absolute Gasteiger partial charge is 0.334 e. The van der Waals surface area contributed by atoms with Crippen LogP contribution in [0.25, 0.3) is 0 Å². The van der Waals surface area contributed by atoms with Crippen LogP contribution in [-0.4, -0.2) is 22.3 Å². The van der Waals surface area contributed by atoms with Gasteiger partial charge in [-0.05, 0) is 78.8 Å². The monoisotopic (exact) mass is 316 g/mol. The summed E-state index contributed by atoms with van der Waals surface area (Å²) in [4.78, 5) is 11.4. The first-order valence-electron chi connectivity index (χ1n) is 9.19.